The molecule has 0 spiro atoms. The van der Waals surface area contributed by atoms with Crippen LogP contribution in [-0.4, -0.2) is 40.2 Å². The lowest BCUT2D eigenvalue weighted by Crippen LogP contribution is -2.45. The molecule has 0 bridgehead atoms. The molecule has 0 radical (unpaired) electrons. The number of halogens is 3. The van der Waals surface area contributed by atoms with Crippen molar-refractivity contribution in [3.8, 4) is 0 Å². The molecule has 0 saturated carbocycles. The molecule has 2 aromatic rings. The Hall–Kier alpha value is -2.65. The molecule has 28 heavy (non-hydrogen) atoms. The van der Waals surface area contributed by atoms with Gasteiger partial charge in [-0.1, -0.05) is 5.16 Å². The Morgan fingerprint density at radius 1 is 1.18 bits per heavy atom. The molecule has 1 amide bonds. The molecule has 0 atom stereocenters. The quantitative estimate of drug-likeness (QED) is 0.860. The number of fused-ring (bicyclic) bond motifs is 1. The minimum absolute atomic E-state index is 0.0722. The number of aryl methyl sites for hydroxylation is 1. The number of anilines is 1. The van der Waals surface area contributed by atoms with Crippen molar-refractivity contribution < 1.29 is 22.5 Å². The van der Waals surface area contributed by atoms with Gasteiger partial charge in [-0.15, -0.1) is 0 Å². The zero-order valence-corrected chi connectivity index (χ0v) is 15.1. The number of piperidine rings is 1. The van der Waals surface area contributed by atoms with Gasteiger partial charge in [0, 0.05) is 30.8 Å². The third kappa shape index (κ3) is 3.81. The molecule has 2 aromatic heterocycles. The van der Waals surface area contributed by atoms with Crippen molar-refractivity contribution in [1.29, 1.82) is 0 Å². The number of carbonyl (C=O) groups excluding carboxylic acids is 1. The van der Waals surface area contributed by atoms with E-state index in [1.807, 2.05) is 0 Å². The van der Waals surface area contributed by atoms with Crippen LogP contribution in [0, 0.1) is 0 Å². The fourth-order valence-electron chi connectivity index (χ4n) is 3.75. The van der Waals surface area contributed by atoms with E-state index in [1.165, 1.54) is 0 Å². The zero-order valence-electron chi connectivity index (χ0n) is 15.1. The Morgan fingerprint density at radius 2 is 1.93 bits per heavy atom. The second-order valence-electron chi connectivity index (χ2n) is 7.14. The van der Waals surface area contributed by atoms with Crippen LogP contribution in [0.25, 0.3) is 0 Å². The van der Waals surface area contributed by atoms with Gasteiger partial charge in [0.2, 0.25) is 5.76 Å². The van der Waals surface area contributed by atoms with E-state index < -0.39 is 11.9 Å². The summed E-state index contributed by atoms with van der Waals surface area (Å²) < 4.78 is 43.7. The van der Waals surface area contributed by atoms with E-state index in [4.69, 9.17) is 4.52 Å². The molecular formula is C18H20F3N5O2. The topological polar surface area (TPSA) is 84.2 Å². The first-order valence-corrected chi connectivity index (χ1v) is 9.34. The lowest BCUT2D eigenvalue weighted by molar-refractivity contribution is -0.141. The van der Waals surface area contributed by atoms with E-state index in [0.717, 1.165) is 49.3 Å². The number of nitrogens with one attached hydrogen (secondary N) is 1. The van der Waals surface area contributed by atoms with Gasteiger partial charge in [0.1, 0.15) is 17.8 Å². The first-order valence-electron chi connectivity index (χ1n) is 9.34. The summed E-state index contributed by atoms with van der Waals surface area (Å²) in [5, 5.41) is 6.97. The van der Waals surface area contributed by atoms with Gasteiger partial charge in [0.25, 0.3) is 5.91 Å². The van der Waals surface area contributed by atoms with Gasteiger partial charge in [-0.05, 0) is 38.5 Å². The van der Waals surface area contributed by atoms with Crippen molar-refractivity contribution in [2.75, 3.05) is 18.0 Å². The maximum absolute atomic E-state index is 12.8. The molecule has 3 heterocycles. The van der Waals surface area contributed by atoms with Crippen molar-refractivity contribution >= 4 is 11.7 Å². The number of hydrogen-bond donors (Lipinski definition) is 1. The summed E-state index contributed by atoms with van der Waals surface area (Å²) in [6.45, 7) is 0.988. The van der Waals surface area contributed by atoms with Gasteiger partial charge < -0.3 is 14.7 Å². The van der Waals surface area contributed by atoms with E-state index >= 15 is 0 Å². The van der Waals surface area contributed by atoms with E-state index in [9.17, 15) is 18.0 Å². The van der Waals surface area contributed by atoms with Crippen molar-refractivity contribution in [2.24, 2.45) is 0 Å². The molecule has 10 heteroatoms. The van der Waals surface area contributed by atoms with E-state index in [0.29, 0.717) is 31.7 Å². The minimum Gasteiger partial charge on any atom is -0.356 e. The first kappa shape index (κ1) is 18.7. The maximum Gasteiger partial charge on any atom is 0.433 e. The predicted molar refractivity (Wildman–Crippen MR) is 92.9 cm³/mol. The summed E-state index contributed by atoms with van der Waals surface area (Å²) in [7, 11) is 0. The number of carbonyl (C=O) groups is 1. The highest BCUT2D eigenvalue weighted by atomic mass is 19.4. The summed E-state index contributed by atoms with van der Waals surface area (Å²) >= 11 is 0. The molecule has 150 valence electrons. The highest BCUT2D eigenvalue weighted by Crippen LogP contribution is 2.30. The summed E-state index contributed by atoms with van der Waals surface area (Å²) in [5.41, 5.74) is 0.820. The zero-order chi connectivity index (χ0) is 19.7. The molecule has 1 aliphatic heterocycles. The Kier molecular flexibility index (Phi) is 4.94. The summed E-state index contributed by atoms with van der Waals surface area (Å²) in [6.07, 6.45) is 1.35. The number of rotatable bonds is 3. The number of nitrogens with zero attached hydrogens (tertiary/aromatic N) is 4. The molecule has 7 nitrogen and oxygen atoms in total. The summed E-state index contributed by atoms with van der Waals surface area (Å²) in [5.74, 6) is 0.273. The van der Waals surface area contributed by atoms with Crippen LogP contribution in [0.3, 0.4) is 0 Å². The maximum atomic E-state index is 12.8. The smallest absolute Gasteiger partial charge is 0.356 e. The van der Waals surface area contributed by atoms with Crippen molar-refractivity contribution in [1.82, 2.24) is 20.4 Å². The largest absolute Gasteiger partial charge is 0.433 e. The van der Waals surface area contributed by atoms with Gasteiger partial charge in [-0.25, -0.2) is 9.97 Å². The number of alkyl halides is 3. The van der Waals surface area contributed by atoms with Crippen LogP contribution in [0.15, 0.2) is 16.9 Å². The molecule has 0 aromatic carbocycles. The van der Waals surface area contributed by atoms with Crippen LogP contribution in [0.5, 0.6) is 0 Å². The normalized spacial score (nSPS) is 18.0. The fourth-order valence-corrected chi connectivity index (χ4v) is 3.75. The SMILES string of the molecule is O=C(NC1CCN(c2cc(C(F)(F)F)ncn2)CC1)c1onc2c1CCCC2. The lowest BCUT2D eigenvalue weighted by Gasteiger charge is -2.33. The average Bonchev–Trinajstić information content (AvgIpc) is 3.12. The Balaban J connectivity index is 1.36. The van der Waals surface area contributed by atoms with Gasteiger partial charge >= 0.3 is 6.18 Å². The third-order valence-electron chi connectivity index (χ3n) is 5.26. The molecule has 1 saturated heterocycles. The molecule has 4 rings (SSSR count). The minimum atomic E-state index is -4.50. The van der Waals surface area contributed by atoms with Crippen LogP contribution < -0.4 is 10.2 Å². The number of amides is 1. The molecular weight excluding hydrogens is 375 g/mol. The third-order valence-corrected chi connectivity index (χ3v) is 5.26. The monoisotopic (exact) mass is 395 g/mol. The predicted octanol–water partition coefficient (Wildman–Crippen LogP) is 2.76. The first-order chi connectivity index (χ1) is 13.4. The van der Waals surface area contributed by atoms with Gasteiger partial charge in [-0.2, -0.15) is 13.2 Å². The van der Waals surface area contributed by atoms with Gasteiger partial charge in [0.15, 0.2) is 0 Å². The molecule has 1 aliphatic carbocycles. The highest BCUT2D eigenvalue weighted by Gasteiger charge is 2.34. The average molecular weight is 395 g/mol. The summed E-state index contributed by atoms with van der Waals surface area (Å²) in [4.78, 5) is 21.6. The van der Waals surface area contributed by atoms with Crippen LogP contribution in [0.1, 0.15) is 53.2 Å². The molecule has 1 N–H and O–H groups in total. The van der Waals surface area contributed by atoms with Crippen LogP contribution in [0.4, 0.5) is 19.0 Å². The van der Waals surface area contributed by atoms with Crippen LogP contribution >= 0.6 is 0 Å². The molecule has 1 fully saturated rings. The lowest BCUT2D eigenvalue weighted by atomic mass is 9.95. The number of hydrogen-bond acceptors (Lipinski definition) is 6. The van der Waals surface area contributed by atoms with E-state index in [1.54, 1.807) is 4.90 Å². The fraction of sp³-hybridized carbons (Fsp3) is 0.556. The standard InChI is InChI=1S/C18H20F3N5O2/c19-18(20,21)14-9-15(23-10-22-14)26-7-5-11(6-8-26)24-17(27)16-12-3-1-2-4-13(12)25-28-16/h9-11H,1-8H2,(H,24,27). The van der Waals surface area contributed by atoms with Crippen molar-refractivity contribution in [3.63, 3.8) is 0 Å². The molecule has 0 unspecified atom stereocenters. The van der Waals surface area contributed by atoms with E-state index in [2.05, 4.69) is 20.4 Å². The second kappa shape index (κ2) is 7.40. The summed E-state index contributed by atoms with van der Waals surface area (Å²) in [6, 6.07) is 0.886. The van der Waals surface area contributed by atoms with Crippen LogP contribution in [-0.2, 0) is 19.0 Å². The van der Waals surface area contributed by atoms with Gasteiger partial charge in [-0.3, -0.25) is 4.79 Å². The molecule has 2 aliphatic rings. The highest BCUT2D eigenvalue weighted by molar-refractivity contribution is 5.93. The van der Waals surface area contributed by atoms with Gasteiger partial charge in [0.05, 0.1) is 5.69 Å². The Bertz CT molecular complexity index is 859. The second-order valence-corrected chi connectivity index (χ2v) is 7.14. The van der Waals surface area contributed by atoms with Crippen molar-refractivity contribution in [3.05, 3.63) is 35.1 Å². The van der Waals surface area contributed by atoms with Crippen LogP contribution in [0.2, 0.25) is 0 Å². The van der Waals surface area contributed by atoms with E-state index in [-0.39, 0.29) is 17.8 Å². The Labute approximate surface area is 159 Å². The Morgan fingerprint density at radius 3 is 2.68 bits per heavy atom. The van der Waals surface area contributed by atoms with Crippen molar-refractivity contribution in [2.45, 2.75) is 50.7 Å². The number of aromatic nitrogens is 3.